The minimum absolute atomic E-state index is 0.244. The summed E-state index contributed by atoms with van der Waals surface area (Å²) in [6, 6.07) is 14.5. The van der Waals surface area contributed by atoms with E-state index in [1.165, 1.54) is 5.01 Å². The number of carbonyl (C=O) groups is 2. The highest BCUT2D eigenvalue weighted by molar-refractivity contribution is 8.01. The number of thioether (sulfide) groups is 1. The van der Waals surface area contributed by atoms with Gasteiger partial charge in [-0.3, -0.25) is 15.0 Å². The second kappa shape index (κ2) is 7.15. The topological polar surface area (TPSA) is 58.6 Å². The number of nitrogens with zero attached hydrogens (tertiary/aromatic N) is 1. The van der Waals surface area contributed by atoms with Crippen LogP contribution < -0.4 is 10.2 Å². The number of methoxy groups -OCH3 is 1. The molecular formula is C17H15ClN2O3S. The standard InChI is InChI=1S/C17H15ClN2O3S/c1-23-13-8-4-2-6-11(13)10-20-17(22)15(16(21)19-20)24-14-9-5-3-7-12(14)18/h2-9,15H,10H2,1H3,(H,19,21). The summed E-state index contributed by atoms with van der Waals surface area (Å²) >= 11 is 7.26. The van der Waals surface area contributed by atoms with Crippen molar-refractivity contribution in [1.82, 2.24) is 10.4 Å². The van der Waals surface area contributed by atoms with Crippen molar-refractivity contribution in [3.05, 3.63) is 59.1 Å². The Morgan fingerprint density at radius 2 is 1.88 bits per heavy atom. The van der Waals surface area contributed by atoms with E-state index in [9.17, 15) is 9.59 Å². The van der Waals surface area contributed by atoms with Gasteiger partial charge in [-0.15, -0.1) is 11.8 Å². The number of benzene rings is 2. The summed E-state index contributed by atoms with van der Waals surface area (Å²) < 4.78 is 5.28. The fraction of sp³-hybridized carbons (Fsp3) is 0.176. The molecule has 1 unspecified atom stereocenters. The maximum absolute atomic E-state index is 12.6. The average molecular weight is 363 g/mol. The molecule has 0 saturated carbocycles. The number of ether oxygens (including phenoxy) is 1. The normalized spacial score (nSPS) is 17.1. The number of hydrogen-bond acceptors (Lipinski definition) is 4. The van der Waals surface area contributed by atoms with Gasteiger partial charge in [0.2, 0.25) is 0 Å². The summed E-state index contributed by atoms with van der Waals surface area (Å²) in [5.74, 6) is 0.0254. The Kier molecular flexibility index (Phi) is 4.97. The third kappa shape index (κ3) is 3.34. The Labute approximate surface area is 148 Å². The van der Waals surface area contributed by atoms with Crippen LogP contribution in [0.2, 0.25) is 5.02 Å². The van der Waals surface area contributed by atoms with Gasteiger partial charge in [-0.2, -0.15) is 0 Å². The molecule has 24 heavy (non-hydrogen) atoms. The summed E-state index contributed by atoms with van der Waals surface area (Å²) in [5, 5.41) is 0.986. The number of hydrogen-bond donors (Lipinski definition) is 1. The lowest BCUT2D eigenvalue weighted by atomic mass is 10.2. The second-order valence-electron chi connectivity index (χ2n) is 5.14. The van der Waals surface area contributed by atoms with Crippen LogP contribution in [0.4, 0.5) is 0 Å². The molecule has 5 nitrogen and oxygen atoms in total. The first-order chi connectivity index (χ1) is 11.6. The Bertz CT molecular complexity index is 784. The quantitative estimate of drug-likeness (QED) is 0.831. The predicted octanol–water partition coefficient (Wildman–Crippen LogP) is 2.88. The minimum Gasteiger partial charge on any atom is -0.496 e. The number of rotatable bonds is 5. The van der Waals surface area contributed by atoms with E-state index < -0.39 is 5.25 Å². The summed E-state index contributed by atoms with van der Waals surface area (Å²) in [6.07, 6.45) is 0. The summed E-state index contributed by atoms with van der Waals surface area (Å²) in [7, 11) is 1.57. The lowest BCUT2D eigenvalue weighted by molar-refractivity contribution is -0.130. The lowest BCUT2D eigenvalue weighted by Gasteiger charge is -2.17. The maximum Gasteiger partial charge on any atom is 0.264 e. The zero-order chi connectivity index (χ0) is 17.1. The van der Waals surface area contributed by atoms with Crippen LogP contribution in [-0.4, -0.2) is 29.2 Å². The highest BCUT2D eigenvalue weighted by Crippen LogP contribution is 2.33. The highest BCUT2D eigenvalue weighted by Gasteiger charge is 2.40. The Balaban J connectivity index is 1.76. The number of amides is 2. The van der Waals surface area contributed by atoms with Crippen LogP contribution in [0.25, 0.3) is 0 Å². The predicted molar refractivity (Wildman–Crippen MR) is 92.8 cm³/mol. The molecule has 1 fully saturated rings. The van der Waals surface area contributed by atoms with Crippen LogP contribution in [0.3, 0.4) is 0 Å². The van der Waals surface area contributed by atoms with Crippen LogP contribution in [0, 0.1) is 0 Å². The molecule has 2 amide bonds. The first-order valence-electron chi connectivity index (χ1n) is 7.25. The van der Waals surface area contributed by atoms with Crippen LogP contribution >= 0.6 is 23.4 Å². The van der Waals surface area contributed by atoms with E-state index in [4.69, 9.17) is 16.3 Å². The smallest absolute Gasteiger partial charge is 0.264 e. The molecule has 0 radical (unpaired) electrons. The molecule has 124 valence electrons. The van der Waals surface area contributed by atoms with E-state index in [0.29, 0.717) is 15.7 Å². The van der Waals surface area contributed by atoms with Gasteiger partial charge < -0.3 is 4.74 Å². The maximum atomic E-state index is 12.6. The van der Waals surface area contributed by atoms with Crippen molar-refractivity contribution >= 4 is 35.2 Å². The van der Waals surface area contributed by atoms with Gasteiger partial charge in [0.25, 0.3) is 11.8 Å². The van der Waals surface area contributed by atoms with Crippen molar-refractivity contribution in [1.29, 1.82) is 0 Å². The molecule has 1 N–H and O–H groups in total. The zero-order valence-corrected chi connectivity index (χ0v) is 14.4. The van der Waals surface area contributed by atoms with Crippen molar-refractivity contribution in [3.63, 3.8) is 0 Å². The van der Waals surface area contributed by atoms with E-state index in [1.807, 2.05) is 30.3 Å². The van der Waals surface area contributed by atoms with Crippen LogP contribution in [0.15, 0.2) is 53.4 Å². The van der Waals surface area contributed by atoms with Crippen molar-refractivity contribution in [2.75, 3.05) is 7.11 Å². The summed E-state index contributed by atoms with van der Waals surface area (Å²) in [5.41, 5.74) is 3.44. The molecule has 1 saturated heterocycles. The fourth-order valence-corrected chi connectivity index (χ4v) is 3.64. The van der Waals surface area contributed by atoms with Crippen molar-refractivity contribution in [3.8, 4) is 5.75 Å². The van der Waals surface area contributed by atoms with Crippen molar-refractivity contribution in [2.24, 2.45) is 0 Å². The zero-order valence-electron chi connectivity index (χ0n) is 12.9. The van der Waals surface area contributed by atoms with E-state index in [-0.39, 0.29) is 18.4 Å². The molecule has 0 aromatic heterocycles. The second-order valence-corrected chi connectivity index (χ2v) is 6.69. The molecule has 2 aromatic carbocycles. The number of hydrazine groups is 1. The Morgan fingerprint density at radius 3 is 2.62 bits per heavy atom. The van der Waals surface area contributed by atoms with Crippen LogP contribution in [0.1, 0.15) is 5.56 Å². The third-order valence-electron chi connectivity index (χ3n) is 3.58. The average Bonchev–Trinajstić information content (AvgIpc) is 2.85. The van der Waals surface area contributed by atoms with Crippen molar-refractivity contribution < 1.29 is 14.3 Å². The van der Waals surface area contributed by atoms with Gasteiger partial charge in [0.1, 0.15) is 5.75 Å². The van der Waals surface area contributed by atoms with Gasteiger partial charge in [0.15, 0.2) is 5.25 Å². The number of halogens is 1. The van der Waals surface area contributed by atoms with E-state index in [0.717, 1.165) is 17.3 Å². The molecule has 3 rings (SSSR count). The monoisotopic (exact) mass is 362 g/mol. The molecule has 1 aliphatic rings. The van der Waals surface area contributed by atoms with Gasteiger partial charge in [-0.05, 0) is 18.2 Å². The van der Waals surface area contributed by atoms with Crippen LogP contribution in [-0.2, 0) is 16.1 Å². The molecule has 1 atom stereocenters. The third-order valence-corrected chi connectivity index (χ3v) is 5.28. The fourth-order valence-electron chi connectivity index (χ4n) is 2.39. The molecule has 1 heterocycles. The molecule has 0 bridgehead atoms. The van der Waals surface area contributed by atoms with Gasteiger partial charge in [-0.1, -0.05) is 41.9 Å². The number of nitrogens with one attached hydrogen (secondary N) is 1. The molecule has 2 aromatic rings. The molecule has 7 heteroatoms. The van der Waals surface area contributed by atoms with E-state index in [2.05, 4.69) is 5.43 Å². The minimum atomic E-state index is -0.848. The van der Waals surface area contributed by atoms with Gasteiger partial charge >= 0.3 is 0 Å². The lowest BCUT2D eigenvalue weighted by Crippen LogP contribution is -2.35. The molecule has 0 aliphatic carbocycles. The highest BCUT2D eigenvalue weighted by atomic mass is 35.5. The largest absolute Gasteiger partial charge is 0.496 e. The number of carbonyl (C=O) groups excluding carboxylic acids is 2. The molecular weight excluding hydrogens is 348 g/mol. The van der Waals surface area contributed by atoms with Gasteiger partial charge in [-0.25, -0.2) is 5.01 Å². The SMILES string of the molecule is COc1ccccc1CN1NC(=O)C(Sc2ccccc2Cl)C1=O. The van der Waals surface area contributed by atoms with Crippen LogP contribution in [0.5, 0.6) is 5.75 Å². The summed E-state index contributed by atoms with van der Waals surface area (Å²) in [6.45, 7) is 0.244. The first kappa shape index (κ1) is 16.7. The van der Waals surface area contributed by atoms with Crippen molar-refractivity contribution in [2.45, 2.75) is 16.7 Å². The Morgan fingerprint density at radius 1 is 1.17 bits per heavy atom. The number of para-hydroxylation sites is 1. The molecule has 0 spiro atoms. The van der Waals surface area contributed by atoms with Gasteiger partial charge in [0.05, 0.1) is 18.7 Å². The Hall–Kier alpha value is -2.18. The summed E-state index contributed by atoms with van der Waals surface area (Å²) in [4.78, 5) is 25.5. The van der Waals surface area contributed by atoms with E-state index >= 15 is 0 Å². The van der Waals surface area contributed by atoms with Gasteiger partial charge in [0, 0.05) is 10.5 Å². The van der Waals surface area contributed by atoms with E-state index in [1.54, 1.807) is 25.3 Å². The molecule has 1 aliphatic heterocycles. The first-order valence-corrected chi connectivity index (χ1v) is 8.51.